The third kappa shape index (κ3) is 4.05. The Morgan fingerprint density at radius 3 is 2.89 bits per heavy atom. The molecule has 0 spiro atoms. The van der Waals surface area contributed by atoms with Gasteiger partial charge in [0.05, 0.1) is 12.3 Å². The first-order valence-electron chi connectivity index (χ1n) is 7.45. The maximum atomic E-state index is 5.91. The summed E-state index contributed by atoms with van der Waals surface area (Å²) in [5, 5.41) is 3.52. The molecule has 2 unspecified atom stereocenters. The normalized spacial score (nSPS) is 22.4. The Hall–Kier alpha value is -1.38. The highest BCUT2D eigenvalue weighted by molar-refractivity contribution is 5.61. The predicted molar refractivity (Wildman–Crippen MR) is 81.6 cm³/mol. The van der Waals surface area contributed by atoms with Gasteiger partial charge in [-0.25, -0.2) is 0 Å². The minimum atomic E-state index is 0.716. The second-order valence-electron chi connectivity index (χ2n) is 5.77. The van der Waals surface area contributed by atoms with E-state index in [4.69, 9.17) is 10.5 Å². The van der Waals surface area contributed by atoms with Gasteiger partial charge in [0, 0.05) is 18.3 Å². The van der Waals surface area contributed by atoms with E-state index < -0.39 is 0 Å². The molecular weight excluding hydrogens is 236 g/mol. The van der Waals surface area contributed by atoms with Gasteiger partial charge in [0.1, 0.15) is 5.75 Å². The minimum Gasteiger partial charge on any atom is -0.491 e. The van der Waals surface area contributed by atoms with E-state index in [1.165, 1.54) is 19.3 Å². The summed E-state index contributed by atoms with van der Waals surface area (Å²) < 4.78 is 5.65. The first-order chi connectivity index (χ1) is 9.19. The third-order valence-electron chi connectivity index (χ3n) is 3.87. The highest BCUT2D eigenvalue weighted by atomic mass is 16.5. The zero-order chi connectivity index (χ0) is 13.7. The molecule has 0 radical (unpaired) electrons. The van der Waals surface area contributed by atoms with Crippen LogP contribution in [0.5, 0.6) is 5.75 Å². The van der Waals surface area contributed by atoms with Gasteiger partial charge in [0.25, 0.3) is 0 Å². The largest absolute Gasteiger partial charge is 0.491 e. The molecule has 2 atom stereocenters. The SMILES string of the molecule is CCCOc1cc(NCC2CCC(C)C2)ccc1N. The molecule has 1 aromatic rings. The number of nitrogen functional groups attached to an aromatic ring is 1. The standard InChI is InChI=1S/C16H26N2O/c1-3-8-19-16-10-14(6-7-15(16)17)18-11-13-5-4-12(2)9-13/h6-7,10,12-13,18H,3-5,8-9,11,17H2,1-2H3. The van der Waals surface area contributed by atoms with Crippen LogP contribution in [0.15, 0.2) is 18.2 Å². The molecule has 0 amide bonds. The molecule has 19 heavy (non-hydrogen) atoms. The lowest BCUT2D eigenvalue weighted by Crippen LogP contribution is -2.11. The van der Waals surface area contributed by atoms with Crippen LogP contribution < -0.4 is 15.8 Å². The Morgan fingerprint density at radius 2 is 2.21 bits per heavy atom. The van der Waals surface area contributed by atoms with E-state index in [0.29, 0.717) is 12.3 Å². The fraction of sp³-hybridized carbons (Fsp3) is 0.625. The first-order valence-corrected chi connectivity index (χ1v) is 7.45. The zero-order valence-electron chi connectivity index (χ0n) is 12.1. The van der Waals surface area contributed by atoms with Crippen molar-refractivity contribution in [1.29, 1.82) is 0 Å². The molecule has 0 aliphatic heterocycles. The van der Waals surface area contributed by atoms with Gasteiger partial charge in [0.15, 0.2) is 0 Å². The summed E-state index contributed by atoms with van der Waals surface area (Å²) in [4.78, 5) is 0. The molecule has 1 fully saturated rings. The monoisotopic (exact) mass is 262 g/mol. The quantitative estimate of drug-likeness (QED) is 0.764. The van der Waals surface area contributed by atoms with Crippen molar-refractivity contribution >= 4 is 11.4 Å². The van der Waals surface area contributed by atoms with Gasteiger partial charge in [-0.1, -0.05) is 20.3 Å². The summed E-state index contributed by atoms with van der Waals surface area (Å²) in [5.41, 5.74) is 7.74. The highest BCUT2D eigenvalue weighted by Gasteiger charge is 2.20. The average Bonchev–Trinajstić information content (AvgIpc) is 2.82. The summed E-state index contributed by atoms with van der Waals surface area (Å²) in [6.45, 7) is 6.22. The average molecular weight is 262 g/mol. The van der Waals surface area contributed by atoms with Crippen molar-refractivity contribution < 1.29 is 4.74 Å². The van der Waals surface area contributed by atoms with Crippen LogP contribution in [0.1, 0.15) is 39.5 Å². The van der Waals surface area contributed by atoms with Crippen LogP contribution in [0, 0.1) is 11.8 Å². The highest BCUT2D eigenvalue weighted by Crippen LogP contribution is 2.31. The Morgan fingerprint density at radius 1 is 1.37 bits per heavy atom. The second kappa shape index (κ2) is 6.69. The summed E-state index contributed by atoms with van der Waals surface area (Å²) in [6.07, 6.45) is 5.07. The van der Waals surface area contributed by atoms with E-state index in [1.807, 2.05) is 18.2 Å². The number of benzene rings is 1. The van der Waals surface area contributed by atoms with Gasteiger partial charge in [0.2, 0.25) is 0 Å². The van der Waals surface area contributed by atoms with Gasteiger partial charge in [-0.3, -0.25) is 0 Å². The van der Waals surface area contributed by atoms with Crippen LogP contribution in [-0.4, -0.2) is 13.2 Å². The van der Waals surface area contributed by atoms with Crippen molar-refractivity contribution in [2.75, 3.05) is 24.2 Å². The molecular formula is C16H26N2O. The Kier molecular flexibility index (Phi) is 4.94. The van der Waals surface area contributed by atoms with E-state index in [1.54, 1.807) is 0 Å². The van der Waals surface area contributed by atoms with Crippen LogP contribution in [0.4, 0.5) is 11.4 Å². The Bertz CT molecular complexity index is 406. The molecule has 1 aromatic carbocycles. The molecule has 0 bridgehead atoms. The van der Waals surface area contributed by atoms with Crippen LogP contribution in [0.2, 0.25) is 0 Å². The summed E-state index contributed by atoms with van der Waals surface area (Å²) in [6, 6.07) is 5.97. The maximum Gasteiger partial charge on any atom is 0.144 e. The van der Waals surface area contributed by atoms with Gasteiger partial charge in [-0.15, -0.1) is 0 Å². The minimum absolute atomic E-state index is 0.716. The van der Waals surface area contributed by atoms with E-state index >= 15 is 0 Å². The molecule has 1 aliphatic carbocycles. The number of ether oxygens (including phenoxy) is 1. The number of hydrogen-bond acceptors (Lipinski definition) is 3. The maximum absolute atomic E-state index is 5.91. The van der Waals surface area contributed by atoms with Crippen molar-refractivity contribution in [3.8, 4) is 5.75 Å². The summed E-state index contributed by atoms with van der Waals surface area (Å²) in [7, 11) is 0. The van der Waals surface area contributed by atoms with E-state index in [2.05, 4.69) is 19.2 Å². The number of nitrogens with two attached hydrogens (primary N) is 1. The summed E-state index contributed by atoms with van der Waals surface area (Å²) >= 11 is 0. The van der Waals surface area contributed by atoms with Crippen molar-refractivity contribution in [2.45, 2.75) is 39.5 Å². The number of rotatable bonds is 6. The van der Waals surface area contributed by atoms with Crippen LogP contribution in [0.3, 0.4) is 0 Å². The molecule has 0 aromatic heterocycles. The second-order valence-corrected chi connectivity index (χ2v) is 5.77. The fourth-order valence-corrected chi connectivity index (χ4v) is 2.75. The molecule has 3 N–H and O–H groups in total. The lowest BCUT2D eigenvalue weighted by Gasteiger charge is -2.14. The molecule has 3 nitrogen and oxygen atoms in total. The third-order valence-corrected chi connectivity index (χ3v) is 3.87. The van der Waals surface area contributed by atoms with Crippen molar-refractivity contribution in [1.82, 2.24) is 0 Å². The van der Waals surface area contributed by atoms with Gasteiger partial charge < -0.3 is 15.8 Å². The lowest BCUT2D eigenvalue weighted by atomic mass is 10.1. The van der Waals surface area contributed by atoms with Gasteiger partial charge >= 0.3 is 0 Å². The van der Waals surface area contributed by atoms with E-state index in [9.17, 15) is 0 Å². The molecule has 0 heterocycles. The van der Waals surface area contributed by atoms with Crippen LogP contribution in [0.25, 0.3) is 0 Å². The number of hydrogen-bond donors (Lipinski definition) is 2. The smallest absolute Gasteiger partial charge is 0.144 e. The Balaban J connectivity index is 1.89. The Labute approximate surface area is 116 Å². The van der Waals surface area contributed by atoms with Gasteiger partial charge in [-0.2, -0.15) is 0 Å². The topological polar surface area (TPSA) is 47.3 Å². The van der Waals surface area contributed by atoms with Crippen molar-refractivity contribution in [2.24, 2.45) is 11.8 Å². The fourth-order valence-electron chi connectivity index (χ4n) is 2.75. The molecule has 2 rings (SSSR count). The van der Waals surface area contributed by atoms with Crippen molar-refractivity contribution in [3.05, 3.63) is 18.2 Å². The molecule has 0 saturated heterocycles. The van der Waals surface area contributed by atoms with Crippen molar-refractivity contribution in [3.63, 3.8) is 0 Å². The molecule has 106 valence electrons. The molecule has 3 heteroatoms. The van der Waals surface area contributed by atoms with Crippen LogP contribution >= 0.6 is 0 Å². The number of nitrogens with one attached hydrogen (secondary N) is 1. The van der Waals surface area contributed by atoms with E-state index in [-0.39, 0.29) is 0 Å². The lowest BCUT2D eigenvalue weighted by molar-refractivity contribution is 0.319. The zero-order valence-corrected chi connectivity index (χ0v) is 12.1. The van der Waals surface area contributed by atoms with E-state index in [0.717, 1.165) is 36.2 Å². The number of anilines is 2. The van der Waals surface area contributed by atoms with Crippen LogP contribution in [-0.2, 0) is 0 Å². The molecule has 1 aliphatic rings. The van der Waals surface area contributed by atoms with Gasteiger partial charge in [-0.05, 0) is 43.2 Å². The summed E-state index contributed by atoms with van der Waals surface area (Å²) in [5.74, 6) is 2.50. The molecule has 1 saturated carbocycles. The predicted octanol–water partition coefficient (Wildman–Crippen LogP) is 3.91. The first kappa shape index (κ1) is 14.0.